The molecule has 0 bridgehead atoms. The predicted molar refractivity (Wildman–Crippen MR) is 93.5 cm³/mol. The fourth-order valence-electron chi connectivity index (χ4n) is 2.22. The maximum Gasteiger partial charge on any atom is 0.319 e. The standard InChI is InChI=1S/C18H18N4O3/c1-24-15-9-5-6-13(12-15)17-21-16(25-22-17)10-11-19-18(23)20-14-7-3-2-4-8-14/h2-9,12H,10-11H2,1H3,(H2,19,20,23). The summed E-state index contributed by atoms with van der Waals surface area (Å²) in [4.78, 5) is 16.1. The molecule has 128 valence electrons. The lowest BCUT2D eigenvalue weighted by atomic mass is 10.2. The third kappa shape index (κ3) is 4.57. The molecule has 7 heteroatoms. The third-order valence-corrected chi connectivity index (χ3v) is 3.45. The molecule has 3 rings (SSSR count). The van der Waals surface area contributed by atoms with E-state index < -0.39 is 0 Å². The summed E-state index contributed by atoms with van der Waals surface area (Å²) in [5.74, 6) is 1.67. The van der Waals surface area contributed by atoms with Crippen molar-refractivity contribution in [3.8, 4) is 17.1 Å². The minimum absolute atomic E-state index is 0.279. The number of benzene rings is 2. The maximum absolute atomic E-state index is 11.8. The zero-order chi connectivity index (χ0) is 17.5. The monoisotopic (exact) mass is 338 g/mol. The normalized spacial score (nSPS) is 10.3. The van der Waals surface area contributed by atoms with E-state index in [9.17, 15) is 4.79 Å². The number of ether oxygens (including phenoxy) is 1. The van der Waals surface area contributed by atoms with Crippen molar-refractivity contribution in [2.45, 2.75) is 6.42 Å². The van der Waals surface area contributed by atoms with Crippen LogP contribution in [0.2, 0.25) is 0 Å². The number of anilines is 1. The Morgan fingerprint density at radius 2 is 2.00 bits per heavy atom. The van der Waals surface area contributed by atoms with Gasteiger partial charge in [-0.05, 0) is 24.3 Å². The number of para-hydroxylation sites is 1. The van der Waals surface area contributed by atoms with Crippen LogP contribution in [-0.2, 0) is 6.42 Å². The van der Waals surface area contributed by atoms with E-state index in [0.29, 0.717) is 24.7 Å². The molecule has 0 unspecified atom stereocenters. The molecule has 0 spiro atoms. The molecule has 2 aromatic carbocycles. The average Bonchev–Trinajstić information content (AvgIpc) is 3.11. The molecular formula is C18H18N4O3. The van der Waals surface area contributed by atoms with E-state index >= 15 is 0 Å². The highest BCUT2D eigenvalue weighted by molar-refractivity contribution is 5.89. The minimum atomic E-state index is -0.279. The van der Waals surface area contributed by atoms with E-state index in [1.54, 1.807) is 7.11 Å². The molecule has 0 saturated carbocycles. The second kappa shape index (κ2) is 7.96. The van der Waals surface area contributed by atoms with Gasteiger partial charge in [-0.15, -0.1) is 0 Å². The van der Waals surface area contributed by atoms with E-state index in [2.05, 4.69) is 20.8 Å². The lowest BCUT2D eigenvalue weighted by molar-refractivity contribution is 0.252. The second-order valence-corrected chi connectivity index (χ2v) is 5.24. The Kier molecular flexibility index (Phi) is 5.26. The molecule has 0 aliphatic heterocycles. The van der Waals surface area contributed by atoms with Crippen LogP contribution in [0.15, 0.2) is 59.1 Å². The average molecular weight is 338 g/mol. The molecule has 1 aromatic heterocycles. The fraction of sp³-hybridized carbons (Fsp3) is 0.167. The number of nitrogens with zero attached hydrogens (tertiary/aromatic N) is 2. The van der Waals surface area contributed by atoms with Gasteiger partial charge in [0.05, 0.1) is 7.11 Å². The zero-order valence-corrected chi connectivity index (χ0v) is 13.7. The van der Waals surface area contributed by atoms with Crippen molar-refractivity contribution in [3.05, 3.63) is 60.5 Å². The number of methoxy groups -OCH3 is 1. The Morgan fingerprint density at radius 3 is 2.80 bits per heavy atom. The van der Waals surface area contributed by atoms with Crippen molar-refractivity contribution in [2.24, 2.45) is 0 Å². The summed E-state index contributed by atoms with van der Waals surface area (Å²) < 4.78 is 10.4. The molecule has 2 amide bonds. The molecule has 7 nitrogen and oxygen atoms in total. The van der Waals surface area contributed by atoms with E-state index in [-0.39, 0.29) is 6.03 Å². The maximum atomic E-state index is 11.8. The van der Waals surface area contributed by atoms with Crippen molar-refractivity contribution < 1.29 is 14.1 Å². The van der Waals surface area contributed by atoms with Crippen LogP contribution in [0.3, 0.4) is 0 Å². The SMILES string of the molecule is COc1cccc(-c2noc(CCNC(=O)Nc3ccccc3)n2)c1. The highest BCUT2D eigenvalue weighted by atomic mass is 16.5. The van der Waals surface area contributed by atoms with Gasteiger partial charge in [-0.25, -0.2) is 4.79 Å². The van der Waals surface area contributed by atoms with Gasteiger partial charge in [-0.2, -0.15) is 4.98 Å². The van der Waals surface area contributed by atoms with Gasteiger partial charge in [0.1, 0.15) is 5.75 Å². The highest BCUT2D eigenvalue weighted by Crippen LogP contribution is 2.21. The van der Waals surface area contributed by atoms with Crippen molar-refractivity contribution in [2.75, 3.05) is 19.0 Å². The molecule has 0 radical (unpaired) electrons. The van der Waals surface area contributed by atoms with E-state index in [1.165, 1.54) is 0 Å². The number of aromatic nitrogens is 2. The lowest BCUT2D eigenvalue weighted by Gasteiger charge is -2.05. The first-order valence-electron chi connectivity index (χ1n) is 7.81. The zero-order valence-electron chi connectivity index (χ0n) is 13.7. The van der Waals surface area contributed by atoms with Gasteiger partial charge in [-0.3, -0.25) is 0 Å². The second-order valence-electron chi connectivity index (χ2n) is 5.24. The Bertz CT molecular complexity index is 833. The van der Waals surface area contributed by atoms with Crippen LogP contribution in [0, 0.1) is 0 Å². The summed E-state index contributed by atoms with van der Waals surface area (Å²) in [5.41, 5.74) is 1.54. The topological polar surface area (TPSA) is 89.3 Å². The van der Waals surface area contributed by atoms with Crippen LogP contribution in [0.5, 0.6) is 5.75 Å². The van der Waals surface area contributed by atoms with Crippen LogP contribution >= 0.6 is 0 Å². The largest absolute Gasteiger partial charge is 0.497 e. The van der Waals surface area contributed by atoms with Gasteiger partial charge in [0.15, 0.2) is 0 Å². The minimum Gasteiger partial charge on any atom is -0.497 e. The van der Waals surface area contributed by atoms with Crippen LogP contribution in [0.25, 0.3) is 11.4 Å². The molecule has 0 fully saturated rings. The molecule has 0 atom stereocenters. The Morgan fingerprint density at radius 1 is 1.16 bits per heavy atom. The number of hydrogen-bond acceptors (Lipinski definition) is 5. The molecule has 25 heavy (non-hydrogen) atoms. The van der Waals surface area contributed by atoms with Crippen LogP contribution in [0.4, 0.5) is 10.5 Å². The Hall–Kier alpha value is -3.35. The van der Waals surface area contributed by atoms with E-state index in [4.69, 9.17) is 9.26 Å². The van der Waals surface area contributed by atoms with E-state index in [1.807, 2.05) is 54.6 Å². The first-order chi connectivity index (χ1) is 12.2. The van der Waals surface area contributed by atoms with Crippen molar-refractivity contribution in [1.82, 2.24) is 15.5 Å². The summed E-state index contributed by atoms with van der Waals surface area (Å²) in [7, 11) is 1.60. The molecule has 1 heterocycles. The number of carbonyl (C=O) groups is 1. The number of hydrogen-bond donors (Lipinski definition) is 2. The lowest BCUT2D eigenvalue weighted by Crippen LogP contribution is -2.30. The molecular weight excluding hydrogens is 320 g/mol. The summed E-state index contributed by atoms with van der Waals surface area (Å²) >= 11 is 0. The van der Waals surface area contributed by atoms with Gasteiger partial charge in [0.25, 0.3) is 0 Å². The summed E-state index contributed by atoms with van der Waals surface area (Å²) in [6.07, 6.45) is 0.444. The van der Waals surface area contributed by atoms with Crippen molar-refractivity contribution in [1.29, 1.82) is 0 Å². The predicted octanol–water partition coefficient (Wildman–Crippen LogP) is 3.11. The number of carbonyl (C=O) groups excluding carboxylic acids is 1. The number of urea groups is 1. The third-order valence-electron chi connectivity index (χ3n) is 3.45. The molecule has 0 aliphatic carbocycles. The quantitative estimate of drug-likeness (QED) is 0.721. The van der Waals surface area contributed by atoms with Crippen molar-refractivity contribution in [3.63, 3.8) is 0 Å². The van der Waals surface area contributed by atoms with Gasteiger partial charge in [0, 0.05) is 24.2 Å². The Labute approximate surface area is 145 Å². The smallest absolute Gasteiger partial charge is 0.319 e. The van der Waals surface area contributed by atoms with Gasteiger partial charge >= 0.3 is 6.03 Å². The number of rotatable bonds is 6. The van der Waals surface area contributed by atoms with Gasteiger partial charge < -0.3 is 19.9 Å². The number of nitrogens with one attached hydrogen (secondary N) is 2. The van der Waals surface area contributed by atoms with Crippen LogP contribution < -0.4 is 15.4 Å². The van der Waals surface area contributed by atoms with Crippen LogP contribution in [-0.4, -0.2) is 29.8 Å². The molecule has 3 aromatic rings. The molecule has 0 aliphatic rings. The summed E-state index contributed by atoms with van der Waals surface area (Å²) in [5, 5.41) is 9.45. The molecule has 2 N–H and O–H groups in total. The summed E-state index contributed by atoms with van der Waals surface area (Å²) in [6, 6.07) is 16.4. The van der Waals surface area contributed by atoms with Gasteiger partial charge in [0.2, 0.25) is 11.7 Å². The summed E-state index contributed by atoms with van der Waals surface area (Å²) in [6.45, 7) is 0.387. The first-order valence-corrected chi connectivity index (χ1v) is 7.81. The highest BCUT2D eigenvalue weighted by Gasteiger charge is 2.10. The molecule has 0 saturated heterocycles. The Balaban J connectivity index is 1.51. The van der Waals surface area contributed by atoms with Gasteiger partial charge in [-0.1, -0.05) is 35.5 Å². The first kappa shape index (κ1) is 16.5. The number of amides is 2. The van der Waals surface area contributed by atoms with E-state index in [0.717, 1.165) is 17.0 Å². The van der Waals surface area contributed by atoms with Crippen LogP contribution in [0.1, 0.15) is 5.89 Å². The van der Waals surface area contributed by atoms with Crippen molar-refractivity contribution >= 4 is 11.7 Å². The fourth-order valence-corrected chi connectivity index (χ4v) is 2.22.